The van der Waals surface area contributed by atoms with Crippen LogP contribution in [0.15, 0.2) is 66.7 Å². The summed E-state index contributed by atoms with van der Waals surface area (Å²) < 4.78 is 17.7. The number of hydrogen-bond donors (Lipinski definition) is 1. The summed E-state index contributed by atoms with van der Waals surface area (Å²) in [5, 5.41) is 4.13. The summed E-state index contributed by atoms with van der Waals surface area (Å²) in [6.45, 7) is 0. The number of rotatable bonds is 6. The monoisotopic (exact) mass is 378 g/mol. The number of thiazole rings is 1. The van der Waals surface area contributed by atoms with Crippen LogP contribution in [0.4, 0.5) is 10.8 Å². The molecule has 1 N–H and O–H groups in total. The van der Waals surface area contributed by atoms with Crippen molar-refractivity contribution in [1.29, 1.82) is 0 Å². The Morgan fingerprint density at radius 3 is 2.30 bits per heavy atom. The minimum absolute atomic E-state index is 0.662. The molecule has 5 nitrogen and oxygen atoms in total. The fourth-order valence-corrected chi connectivity index (χ4v) is 3.59. The third-order valence-electron chi connectivity index (χ3n) is 3.99. The number of methoxy groups -OCH3 is 2. The van der Waals surface area contributed by atoms with Crippen LogP contribution in [0.2, 0.25) is 0 Å². The van der Waals surface area contributed by atoms with E-state index in [9.17, 15) is 0 Å². The van der Waals surface area contributed by atoms with Crippen molar-refractivity contribution in [3.63, 3.8) is 0 Å². The molecule has 0 unspecified atom stereocenters. The lowest BCUT2D eigenvalue weighted by Gasteiger charge is -2.11. The van der Waals surface area contributed by atoms with Gasteiger partial charge in [0.1, 0.15) is 5.75 Å². The van der Waals surface area contributed by atoms with Crippen LogP contribution in [0.1, 0.15) is 0 Å². The van der Waals surface area contributed by atoms with Crippen molar-refractivity contribution in [3.8, 4) is 23.0 Å². The summed E-state index contributed by atoms with van der Waals surface area (Å²) in [4.78, 5) is 4.66. The van der Waals surface area contributed by atoms with E-state index >= 15 is 0 Å². The predicted octanol–water partition coefficient (Wildman–Crippen LogP) is 5.85. The lowest BCUT2D eigenvalue weighted by Crippen LogP contribution is -1.93. The van der Waals surface area contributed by atoms with E-state index in [1.165, 1.54) is 0 Å². The van der Waals surface area contributed by atoms with Crippen LogP contribution in [-0.2, 0) is 0 Å². The molecule has 0 saturated carbocycles. The zero-order chi connectivity index (χ0) is 18.6. The molecule has 6 heteroatoms. The largest absolute Gasteiger partial charge is 0.493 e. The third kappa shape index (κ3) is 3.66. The van der Waals surface area contributed by atoms with Gasteiger partial charge in [0.2, 0.25) is 0 Å². The molecule has 0 aliphatic carbocycles. The topological polar surface area (TPSA) is 52.6 Å². The minimum Gasteiger partial charge on any atom is -0.493 e. The van der Waals surface area contributed by atoms with Crippen molar-refractivity contribution >= 4 is 32.4 Å². The number of para-hydroxylation sites is 3. The van der Waals surface area contributed by atoms with E-state index < -0.39 is 0 Å². The van der Waals surface area contributed by atoms with E-state index in [1.807, 2.05) is 66.7 Å². The molecule has 1 heterocycles. The summed E-state index contributed by atoms with van der Waals surface area (Å²) in [6.07, 6.45) is 0. The fraction of sp³-hybridized carbons (Fsp3) is 0.0952. The number of aromatic nitrogens is 1. The summed E-state index contributed by atoms with van der Waals surface area (Å²) >= 11 is 1.54. The average molecular weight is 378 g/mol. The Kier molecular flexibility index (Phi) is 4.80. The molecular formula is C21H18N2O3S. The predicted molar refractivity (Wildman–Crippen MR) is 109 cm³/mol. The van der Waals surface area contributed by atoms with Crippen LogP contribution < -0.4 is 19.5 Å². The van der Waals surface area contributed by atoms with Crippen LogP contribution in [0.25, 0.3) is 10.2 Å². The van der Waals surface area contributed by atoms with Gasteiger partial charge in [-0.05, 0) is 24.3 Å². The highest BCUT2D eigenvalue weighted by Crippen LogP contribution is 2.38. The molecule has 0 spiro atoms. The average Bonchev–Trinajstić information content (AvgIpc) is 3.10. The van der Waals surface area contributed by atoms with E-state index in [-0.39, 0.29) is 0 Å². The Bertz CT molecular complexity index is 1020. The maximum atomic E-state index is 6.00. The maximum Gasteiger partial charge on any atom is 0.188 e. The first-order chi connectivity index (χ1) is 13.3. The zero-order valence-electron chi connectivity index (χ0n) is 14.9. The van der Waals surface area contributed by atoms with Gasteiger partial charge in [-0.15, -0.1) is 0 Å². The quantitative estimate of drug-likeness (QED) is 0.456. The van der Waals surface area contributed by atoms with Gasteiger partial charge in [0.05, 0.1) is 30.1 Å². The summed E-state index contributed by atoms with van der Waals surface area (Å²) in [7, 11) is 3.24. The number of benzene rings is 3. The Morgan fingerprint density at radius 2 is 1.52 bits per heavy atom. The van der Waals surface area contributed by atoms with Gasteiger partial charge in [0.25, 0.3) is 0 Å². The van der Waals surface area contributed by atoms with Crippen molar-refractivity contribution in [2.24, 2.45) is 0 Å². The molecule has 0 amide bonds. The van der Waals surface area contributed by atoms with Gasteiger partial charge in [-0.25, -0.2) is 4.98 Å². The summed E-state index contributed by atoms with van der Waals surface area (Å²) in [5.41, 5.74) is 1.70. The SMILES string of the molecule is COc1cc2nc(Nc3ccccc3Oc3ccccc3)sc2cc1OC. The Balaban J connectivity index is 1.64. The van der Waals surface area contributed by atoms with Crippen LogP contribution in [-0.4, -0.2) is 19.2 Å². The lowest BCUT2D eigenvalue weighted by atomic mass is 10.3. The van der Waals surface area contributed by atoms with Crippen LogP contribution in [0, 0.1) is 0 Å². The van der Waals surface area contributed by atoms with Gasteiger partial charge in [0, 0.05) is 12.1 Å². The molecule has 0 fully saturated rings. The molecule has 4 rings (SSSR count). The number of ether oxygens (including phenoxy) is 3. The molecule has 0 atom stereocenters. The van der Waals surface area contributed by atoms with E-state index in [2.05, 4.69) is 10.3 Å². The zero-order valence-corrected chi connectivity index (χ0v) is 15.7. The number of anilines is 2. The molecule has 136 valence electrons. The molecule has 1 aromatic heterocycles. The van der Waals surface area contributed by atoms with Gasteiger partial charge in [-0.1, -0.05) is 41.7 Å². The highest BCUT2D eigenvalue weighted by atomic mass is 32.1. The number of hydrogen-bond acceptors (Lipinski definition) is 6. The fourth-order valence-electron chi connectivity index (χ4n) is 2.70. The molecule has 4 aromatic rings. The van der Waals surface area contributed by atoms with Crippen LogP contribution >= 0.6 is 11.3 Å². The van der Waals surface area contributed by atoms with Crippen molar-refractivity contribution in [1.82, 2.24) is 4.98 Å². The van der Waals surface area contributed by atoms with E-state index in [1.54, 1.807) is 25.6 Å². The van der Waals surface area contributed by atoms with Crippen LogP contribution in [0.5, 0.6) is 23.0 Å². The Labute approximate surface area is 161 Å². The Hall–Kier alpha value is -3.25. The second kappa shape index (κ2) is 7.55. The van der Waals surface area contributed by atoms with Gasteiger partial charge in [-0.3, -0.25) is 0 Å². The molecule has 0 bridgehead atoms. The summed E-state index contributed by atoms with van der Waals surface area (Å²) in [5.74, 6) is 2.87. The van der Waals surface area contributed by atoms with Gasteiger partial charge in [0.15, 0.2) is 22.4 Å². The second-order valence-electron chi connectivity index (χ2n) is 5.73. The molecule has 0 aliphatic rings. The Morgan fingerprint density at radius 1 is 0.815 bits per heavy atom. The first-order valence-electron chi connectivity index (χ1n) is 8.38. The normalized spacial score (nSPS) is 10.6. The highest BCUT2D eigenvalue weighted by Gasteiger charge is 2.12. The van der Waals surface area contributed by atoms with E-state index in [0.29, 0.717) is 11.5 Å². The minimum atomic E-state index is 0.662. The molecule has 27 heavy (non-hydrogen) atoms. The molecule has 0 saturated heterocycles. The lowest BCUT2D eigenvalue weighted by molar-refractivity contribution is 0.356. The smallest absolute Gasteiger partial charge is 0.188 e. The molecular weight excluding hydrogens is 360 g/mol. The van der Waals surface area contributed by atoms with Crippen molar-refractivity contribution in [3.05, 3.63) is 66.7 Å². The first-order valence-corrected chi connectivity index (χ1v) is 9.20. The third-order valence-corrected chi connectivity index (χ3v) is 4.93. The molecule has 0 radical (unpaired) electrons. The maximum absolute atomic E-state index is 6.00. The van der Waals surface area contributed by atoms with E-state index in [0.717, 1.165) is 32.5 Å². The van der Waals surface area contributed by atoms with E-state index in [4.69, 9.17) is 14.2 Å². The van der Waals surface area contributed by atoms with Crippen molar-refractivity contribution < 1.29 is 14.2 Å². The summed E-state index contributed by atoms with van der Waals surface area (Å²) in [6, 6.07) is 21.3. The standard InChI is InChI=1S/C21H18N2O3S/c1-24-18-12-16-20(13-19(18)25-2)27-21(23-16)22-15-10-6-7-11-17(15)26-14-8-4-3-5-9-14/h3-13H,1-2H3,(H,22,23). The molecule has 0 aliphatic heterocycles. The highest BCUT2D eigenvalue weighted by molar-refractivity contribution is 7.22. The van der Waals surface area contributed by atoms with Crippen molar-refractivity contribution in [2.45, 2.75) is 0 Å². The number of nitrogens with zero attached hydrogens (tertiary/aromatic N) is 1. The van der Waals surface area contributed by atoms with Crippen LogP contribution in [0.3, 0.4) is 0 Å². The van der Waals surface area contributed by atoms with Gasteiger partial charge in [-0.2, -0.15) is 0 Å². The van der Waals surface area contributed by atoms with Gasteiger partial charge < -0.3 is 19.5 Å². The second-order valence-corrected chi connectivity index (χ2v) is 6.76. The number of fused-ring (bicyclic) bond motifs is 1. The molecule has 3 aromatic carbocycles. The van der Waals surface area contributed by atoms with Gasteiger partial charge >= 0.3 is 0 Å². The first kappa shape index (κ1) is 17.2. The van der Waals surface area contributed by atoms with Crippen molar-refractivity contribution in [2.75, 3.05) is 19.5 Å². The number of nitrogens with one attached hydrogen (secondary N) is 1.